The monoisotopic (exact) mass is 213 g/mol. The molecule has 5 nitrogen and oxygen atoms in total. The minimum absolute atomic E-state index is 0.0385. The first-order valence-corrected chi connectivity index (χ1v) is 5.31. The predicted octanol–water partition coefficient (Wildman–Crippen LogP) is 0.126. The van der Waals surface area contributed by atoms with E-state index < -0.39 is 0 Å². The highest BCUT2D eigenvalue weighted by atomic mass is 16.2. The Morgan fingerprint density at radius 1 is 1.07 bits per heavy atom. The van der Waals surface area contributed by atoms with Gasteiger partial charge in [0.2, 0.25) is 5.91 Å². The minimum atomic E-state index is -0.0633. The maximum atomic E-state index is 11.7. The van der Waals surface area contributed by atoms with E-state index in [1.165, 1.54) is 0 Å². The molecule has 1 saturated heterocycles. The van der Waals surface area contributed by atoms with Gasteiger partial charge >= 0.3 is 6.03 Å². The molecule has 1 aliphatic heterocycles. The van der Waals surface area contributed by atoms with E-state index in [1.54, 1.807) is 11.9 Å². The summed E-state index contributed by atoms with van der Waals surface area (Å²) in [4.78, 5) is 26.5. The molecule has 1 heterocycles. The van der Waals surface area contributed by atoms with E-state index in [0.29, 0.717) is 26.2 Å². The molecule has 15 heavy (non-hydrogen) atoms. The number of hydrogen-bond acceptors (Lipinski definition) is 2. The lowest BCUT2D eigenvalue weighted by molar-refractivity contribution is -0.135. The Labute approximate surface area is 90.4 Å². The zero-order valence-electron chi connectivity index (χ0n) is 9.62. The van der Waals surface area contributed by atoms with Crippen LogP contribution < -0.4 is 5.32 Å². The number of rotatable bonds is 1. The van der Waals surface area contributed by atoms with E-state index in [0.717, 1.165) is 0 Å². The number of carbonyl (C=O) groups is 2. The molecule has 0 aromatic carbocycles. The third kappa shape index (κ3) is 2.84. The zero-order valence-corrected chi connectivity index (χ0v) is 9.62. The minimum Gasteiger partial charge on any atom is -0.341 e. The normalized spacial score (nSPS) is 16.8. The molecule has 0 aromatic heterocycles. The maximum absolute atomic E-state index is 11.7. The molecule has 0 aliphatic carbocycles. The highest BCUT2D eigenvalue weighted by Crippen LogP contribution is 2.06. The number of urea groups is 1. The van der Waals surface area contributed by atoms with Crippen molar-refractivity contribution in [3.05, 3.63) is 0 Å². The van der Waals surface area contributed by atoms with Gasteiger partial charge in [0, 0.05) is 39.1 Å². The topological polar surface area (TPSA) is 52.7 Å². The Morgan fingerprint density at radius 2 is 1.53 bits per heavy atom. The fraction of sp³-hybridized carbons (Fsp3) is 0.800. The molecular weight excluding hydrogens is 194 g/mol. The van der Waals surface area contributed by atoms with Gasteiger partial charge in [-0.3, -0.25) is 4.79 Å². The molecule has 86 valence electrons. The first kappa shape index (κ1) is 11.8. The average Bonchev–Trinajstić information content (AvgIpc) is 2.27. The molecule has 1 rings (SSSR count). The Morgan fingerprint density at radius 3 is 1.93 bits per heavy atom. The molecule has 5 heteroatoms. The Bertz CT molecular complexity index is 245. The Kier molecular flexibility index (Phi) is 3.94. The van der Waals surface area contributed by atoms with E-state index >= 15 is 0 Å². The molecule has 0 saturated carbocycles. The number of carbonyl (C=O) groups excluding carboxylic acids is 2. The standard InChI is InChI=1S/C10H19N3O2/c1-8(2)9(14)12-4-6-13(7-5-12)10(15)11-3/h8H,4-7H2,1-3H3,(H,11,15). The summed E-state index contributed by atoms with van der Waals surface area (Å²) in [5, 5.41) is 2.59. The van der Waals surface area contributed by atoms with Crippen molar-refractivity contribution in [2.45, 2.75) is 13.8 Å². The van der Waals surface area contributed by atoms with Crippen LogP contribution >= 0.6 is 0 Å². The van der Waals surface area contributed by atoms with Crippen LogP contribution in [0.3, 0.4) is 0 Å². The molecule has 1 fully saturated rings. The fourth-order valence-corrected chi connectivity index (χ4v) is 1.65. The molecule has 0 spiro atoms. The van der Waals surface area contributed by atoms with Crippen LogP contribution in [0.25, 0.3) is 0 Å². The van der Waals surface area contributed by atoms with Gasteiger partial charge in [-0.2, -0.15) is 0 Å². The molecule has 0 bridgehead atoms. The van der Waals surface area contributed by atoms with E-state index in [1.807, 2.05) is 18.7 Å². The number of amides is 3. The molecule has 0 unspecified atom stereocenters. The third-order valence-electron chi connectivity index (χ3n) is 2.59. The quantitative estimate of drug-likeness (QED) is 0.673. The maximum Gasteiger partial charge on any atom is 0.317 e. The van der Waals surface area contributed by atoms with Gasteiger partial charge in [-0.05, 0) is 0 Å². The van der Waals surface area contributed by atoms with E-state index in [9.17, 15) is 9.59 Å². The van der Waals surface area contributed by atoms with Crippen LogP contribution in [0.15, 0.2) is 0 Å². The second kappa shape index (κ2) is 5.00. The Hall–Kier alpha value is -1.26. The molecule has 1 aliphatic rings. The lowest BCUT2D eigenvalue weighted by atomic mass is 10.1. The van der Waals surface area contributed by atoms with Gasteiger partial charge in [0.05, 0.1) is 0 Å². The summed E-state index contributed by atoms with van der Waals surface area (Å²) >= 11 is 0. The van der Waals surface area contributed by atoms with Crippen LogP contribution in [-0.4, -0.2) is 55.0 Å². The van der Waals surface area contributed by atoms with Crippen LogP contribution in [0, 0.1) is 5.92 Å². The second-order valence-corrected chi connectivity index (χ2v) is 4.02. The molecule has 0 aromatic rings. The highest BCUT2D eigenvalue weighted by Gasteiger charge is 2.24. The average molecular weight is 213 g/mol. The summed E-state index contributed by atoms with van der Waals surface area (Å²) in [6.07, 6.45) is 0. The van der Waals surface area contributed by atoms with Crippen molar-refractivity contribution in [2.75, 3.05) is 33.2 Å². The smallest absolute Gasteiger partial charge is 0.317 e. The van der Waals surface area contributed by atoms with Gasteiger partial charge in [0.25, 0.3) is 0 Å². The van der Waals surface area contributed by atoms with Crippen LogP contribution in [0.4, 0.5) is 4.79 Å². The summed E-state index contributed by atoms with van der Waals surface area (Å²) in [6, 6.07) is -0.0633. The van der Waals surface area contributed by atoms with Gasteiger partial charge in [-0.1, -0.05) is 13.8 Å². The van der Waals surface area contributed by atoms with E-state index in [2.05, 4.69) is 5.32 Å². The van der Waals surface area contributed by atoms with Crippen LogP contribution in [-0.2, 0) is 4.79 Å². The van der Waals surface area contributed by atoms with Crippen LogP contribution in [0.5, 0.6) is 0 Å². The van der Waals surface area contributed by atoms with Gasteiger partial charge in [0.1, 0.15) is 0 Å². The number of nitrogens with one attached hydrogen (secondary N) is 1. The lowest BCUT2D eigenvalue weighted by Gasteiger charge is -2.35. The Balaban J connectivity index is 2.42. The third-order valence-corrected chi connectivity index (χ3v) is 2.59. The van der Waals surface area contributed by atoms with Gasteiger partial charge in [0.15, 0.2) is 0 Å². The van der Waals surface area contributed by atoms with Crippen molar-refractivity contribution in [2.24, 2.45) is 5.92 Å². The van der Waals surface area contributed by atoms with Crippen LogP contribution in [0.2, 0.25) is 0 Å². The summed E-state index contributed by atoms with van der Waals surface area (Å²) in [6.45, 7) is 6.33. The van der Waals surface area contributed by atoms with E-state index in [4.69, 9.17) is 0 Å². The highest BCUT2D eigenvalue weighted by molar-refractivity contribution is 5.79. The second-order valence-electron chi connectivity index (χ2n) is 4.02. The summed E-state index contributed by atoms with van der Waals surface area (Å²) in [7, 11) is 1.62. The first-order valence-electron chi connectivity index (χ1n) is 5.31. The molecule has 1 N–H and O–H groups in total. The summed E-state index contributed by atoms with van der Waals surface area (Å²) < 4.78 is 0. The molecule has 3 amide bonds. The molecule has 0 radical (unpaired) electrons. The van der Waals surface area contributed by atoms with Gasteiger partial charge < -0.3 is 15.1 Å². The van der Waals surface area contributed by atoms with Gasteiger partial charge in [-0.15, -0.1) is 0 Å². The molecular formula is C10H19N3O2. The van der Waals surface area contributed by atoms with Crippen LogP contribution in [0.1, 0.15) is 13.8 Å². The zero-order chi connectivity index (χ0) is 11.4. The summed E-state index contributed by atoms with van der Waals surface area (Å²) in [5.74, 6) is 0.211. The van der Waals surface area contributed by atoms with Crippen molar-refractivity contribution in [3.8, 4) is 0 Å². The SMILES string of the molecule is CNC(=O)N1CCN(C(=O)C(C)C)CC1. The first-order chi connectivity index (χ1) is 7.06. The fourth-order valence-electron chi connectivity index (χ4n) is 1.65. The van der Waals surface area contributed by atoms with Crippen molar-refractivity contribution < 1.29 is 9.59 Å². The van der Waals surface area contributed by atoms with Gasteiger partial charge in [-0.25, -0.2) is 4.79 Å². The summed E-state index contributed by atoms with van der Waals surface area (Å²) in [5.41, 5.74) is 0. The van der Waals surface area contributed by atoms with Crippen molar-refractivity contribution >= 4 is 11.9 Å². The number of hydrogen-bond donors (Lipinski definition) is 1. The van der Waals surface area contributed by atoms with E-state index in [-0.39, 0.29) is 17.9 Å². The largest absolute Gasteiger partial charge is 0.341 e. The molecule has 0 atom stereocenters. The van der Waals surface area contributed by atoms with Crippen molar-refractivity contribution in [1.29, 1.82) is 0 Å². The number of piperazine rings is 1. The lowest BCUT2D eigenvalue weighted by Crippen LogP contribution is -2.53. The van der Waals surface area contributed by atoms with Crippen molar-refractivity contribution in [1.82, 2.24) is 15.1 Å². The number of nitrogens with zero attached hydrogens (tertiary/aromatic N) is 2. The van der Waals surface area contributed by atoms with Crippen molar-refractivity contribution in [3.63, 3.8) is 0 Å². The predicted molar refractivity (Wildman–Crippen MR) is 57.4 cm³/mol.